The number of hydrogen-bond donors (Lipinski definition) is 0. The van der Waals surface area contributed by atoms with E-state index in [4.69, 9.17) is 4.74 Å². The molecule has 0 bridgehead atoms. The zero-order valence-corrected chi connectivity index (χ0v) is 13.7. The number of Topliss-reactive ketones (excluding diaryl/α,β-unsaturated/α-hetero) is 1. The van der Waals surface area contributed by atoms with Crippen molar-refractivity contribution in [1.82, 2.24) is 4.90 Å². The second-order valence-corrected chi connectivity index (χ2v) is 7.08. The normalized spacial score (nSPS) is 21.6. The Kier molecular flexibility index (Phi) is 5.04. The van der Waals surface area contributed by atoms with Crippen molar-refractivity contribution in [2.45, 2.75) is 39.7 Å². The Morgan fingerprint density at radius 3 is 2.57 bits per heavy atom. The number of ketones is 1. The second kappa shape index (κ2) is 6.61. The Hall–Kier alpha value is -1.35. The first-order valence-corrected chi connectivity index (χ1v) is 7.74. The lowest BCUT2D eigenvalue weighted by molar-refractivity contribution is -0.127. The largest absolute Gasteiger partial charge is 0.497 e. The van der Waals surface area contributed by atoms with Gasteiger partial charge in [0.2, 0.25) is 0 Å². The first-order valence-electron chi connectivity index (χ1n) is 7.74. The molecule has 3 heteroatoms. The smallest absolute Gasteiger partial charge is 0.137 e. The number of carbonyl (C=O) groups is 1. The summed E-state index contributed by atoms with van der Waals surface area (Å²) in [6.45, 7) is 6.27. The van der Waals surface area contributed by atoms with Crippen molar-refractivity contribution in [3.8, 4) is 5.75 Å². The van der Waals surface area contributed by atoms with E-state index in [1.807, 2.05) is 12.1 Å². The molecule has 0 N–H and O–H groups in total. The molecule has 2 rings (SSSR count). The molecule has 21 heavy (non-hydrogen) atoms. The van der Waals surface area contributed by atoms with Crippen molar-refractivity contribution < 1.29 is 9.53 Å². The first kappa shape index (κ1) is 16.0. The van der Waals surface area contributed by atoms with E-state index in [1.54, 1.807) is 7.11 Å². The van der Waals surface area contributed by atoms with Crippen LogP contribution in [0.5, 0.6) is 5.75 Å². The molecule has 1 aromatic carbocycles. The molecule has 0 saturated heterocycles. The van der Waals surface area contributed by atoms with Crippen molar-refractivity contribution in [3.05, 3.63) is 29.8 Å². The van der Waals surface area contributed by atoms with Crippen molar-refractivity contribution in [1.29, 1.82) is 0 Å². The van der Waals surface area contributed by atoms with Gasteiger partial charge in [-0.15, -0.1) is 0 Å². The van der Waals surface area contributed by atoms with Gasteiger partial charge in [-0.2, -0.15) is 0 Å². The van der Waals surface area contributed by atoms with Crippen LogP contribution >= 0.6 is 0 Å². The molecule has 0 aromatic heterocycles. The van der Waals surface area contributed by atoms with Crippen LogP contribution < -0.4 is 4.74 Å². The molecule has 1 atom stereocenters. The highest BCUT2D eigenvalue weighted by Gasteiger charge is 2.33. The number of hydrogen-bond acceptors (Lipinski definition) is 3. The summed E-state index contributed by atoms with van der Waals surface area (Å²) in [5.74, 6) is 1.51. The number of ether oxygens (including phenoxy) is 1. The summed E-state index contributed by atoms with van der Waals surface area (Å²) in [7, 11) is 3.77. The van der Waals surface area contributed by atoms with Gasteiger partial charge < -0.3 is 9.64 Å². The fourth-order valence-corrected chi connectivity index (χ4v) is 3.20. The summed E-state index contributed by atoms with van der Waals surface area (Å²) >= 11 is 0. The molecule has 0 spiro atoms. The van der Waals surface area contributed by atoms with Gasteiger partial charge in [0, 0.05) is 25.4 Å². The van der Waals surface area contributed by atoms with Crippen molar-refractivity contribution in [2.24, 2.45) is 11.3 Å². The lowest BCUT2D eigenvalue weighted by Crippen LogP contribution is -2.37. The second-order valence-electron chi connectivity index (χ2n) is 7.08. The van der Waals surface area contributed by atoms with E-state index in [-0.39, 0.29) is 5.92 Å². The van der Waals surface area contributed by atoms with Gasteiger partial charge in [0.25, 0.3) is 0 Å². The standard InChI is InChI=1S/C18H27NO2/c1-18(2)10-9-17(20)15(11-18)13-19(3)12-14-5-7-16(21-4)8-6-14/h5-8,15H,9-13H2,1-4H3. The average molecular weight is 289 g/mol. The van der Waals surface area contributed by atoms with E-state index < -0.39 is 0 Å². The molecule has 0 radical (unpaired) electrons. The third-order valence-corrected chi connectivity index (χ3v) is 4.45. The lowest BCUT2D eigenvalue weighted by Gasteiger charge is -2.36. The number of rotatable bonds is 5. The van der Waals surface area contributed by atoms with Gasteiger partial charge in [-0.05, 0) is 43.0 Å². The molecular weight excluding hydrogens is 262 g/mol. The Labute approximate surface area is 128 Å². The molecule has 3 nitrogen and oxygen atoms in total. The third-order valence-electron chi connectivity index (χ3n) is 4.45. The van der Waals surface area contributed by atoms with Crippen LogP contribution in [0.4, 0.5) is 0 Å². The SMILES string of the molecule is COc1ccc(CN(C)CC2CC(C)(C)CCC2=O)cc1. The van der Waals surface area contributed by atoms with Crippen molar-refractivity contribution in [2.75, 3.05) is 20.7 Å². The molecule has 0 heterocycles. The minimum absolute atomic E-state index is 0.192. The van der Waals surface area contributed by atoms with E-state index in [0.29, 0.717) is 11.2 Å². The van der Waals surface area contributed by atoms with Crippen LogP contribution in [0.25, 0.3) is 0 Å². The van der Waals surface area contributed by atoms with Gasteiger partial charge in [0.15, 0.2) is 0 Å². The van der Waals surface area contributed by atoms with Crippen LogP contribution in [0.2, 0.25) is 0 Å². The highest BCUT2D eigenvalue weighted by atomic mass is 16.5. The molecule has 1 saturated carbocycles. The summed E-state index contributed by atoms with van der Waals surface area (Å²) in [5.41, 5.74) is 1.56. The quantitative estimate of drug-likeness (QED) is 0.830. The average Bonchev–Trinajstić information content (AvgIpc) is 2.43. The Morgan fingerprint density at radius 1 is 1.29 bits per heavy atom. The number of nitrogens with zero attached hydrogens (tertiary/aromatic N) is 1. The van der Waals surface area contributed by atoms with E-state index >= 15 is 0 Å². The number of methoxy groups -OCH3 is 1. The minimum atomic E-state index is 0.192. The molecule has 1 aliphatic carbocycles. The summed E-state index contributed by atoms with van der Waals surface area (Å²) < 4.78 is 5.17. The van der Waals surface area contributed by atoms with Gasteiger partial charge in [0.05, 0.1) is 7.11 Å². The Balaban J connectivity index is 1.90. The molecule has 1 unspecified atom stereocenters. The zero-order chi connectivity index (χ0) is 15.5. The van der Waals surface area contributed by atoms with E-state index in [2.05, 4.69) is 37.9 Å². The van der Waals surface area contributed by atoms with Crippen LogP contribution in [0, 0.1) is 11.3 Å². The maximum atomic E-state index is 12.1. The fraction of sp³-hybridized carbons (Fsp3) is 0.611. The number of benzene rings is 1. The molecule has 0 aliphatic heterocycles. The van der Waals surface area contributed by atoms with E-state index in [1.165, 1.54) is 5.56 Å². The highest BCUT2D eigenvalue weighted by molar-refractivity contribution is 5.82. The molecule has 116 valence electrons. The number of carbonyl (C=O) groups excluding carboxylic acids is 1. The summed E-state index contributed by atoms with van der Waals surface area (Å²) in [4.78, 5) is 14.4. The van der Waals surface area contributed by atoms with Crippen molar-refractivity contribution in [3.63, 3.8) is 0 Å². The van der Waals surface area contributed by atoms with Crippen molar-refractivity contribution >= 4 is 5.78 Å². The lowest BCUT2D eigenvalue weighted by atomic mass is 9.71. The van der Waals surface area contributed by atoms with Gasteiger partial charge in [-0.25, -0.2) is 0 Å². The van der Waals surface area contributed by atoms with Crippen LogP contribution in [0.3, 0.4) is 0 Å². The molecule has 0 amide bonds. The Bertz CT molecular complexity index is 478. The molecular formula is C18H27NO2. The summed E-state index contributed by atoms with van der Waals surface area (Å²) in [5, 5.41) is 0. The monoisotopic (exact) mass is 289 g/mol. The predicted octanol–water partition coefficient (Wildman–Crippen LogP) is 3.52. The predicted molar refractivity (Wildman–Crippen MR) is 85.5 cm³/mol. The van der Waals surface area contributed by atoms with Gasteiger partial charge in [0.1, 0.15) is 11.5 Å². The molecule has 1 aliphatic rings. The van der Waals surface area contributed by atoms with E-state index in [9.17, 15) is 4.79 Å². The zero-order valence-electron chi connectivity index (χ0n) is 13.7. The molecule has 1 aromatic rings. The Morgan fingerprint density at radius 2 is 1.95 bits per heavy atom. The fourth-order valence-electron chi connectivity index (χ4n) is 3.20. The van der Waals surface area contributed by atoms with E-state index in [0.717, 1.165) is 38.1 Å². The topological polar surface area (TPSA) is 29.5 Å². The van der Waals surface area contributed by atoms with Gasteiger partial charge >= 0.3 is 0 Å². The summed E-state index contributed by atoms with van der Waals surface area (Å²) in [6.07, 6.45) is 2.79. The maximum absolute atomic E-state index is 12.1. The molecule has 1 fully saturated rings. The van der Waals surface area contributed by atoms with Crippen LogP contribution in [-0.4, -0.2) is 31.4 Å². The van der Waals surface area contributed by atoms with Crippen LogP contribution in [-0.2, 0) is 11.3 Å². The minimum Gasteiger partial charge on any atom is -0.497 e. The summed E-state index contributed by atoms with van der Waals surface area (Å²) in [6, 6.07) is 8.14. The maximum Gasteiger partial charge on any atom is 0.137 e. The highest BCUT2D eigenvalue weighted by Crippen LogP contribution is 2.37. The first-order chi connectivity index (χ1) is 9.89. The third kappa shape index (κ3) is 4.57. The van der Waals surface area contributed by atoms with Gasteiger partial charge in [-0.1, -0.05) is 26.0 Å². The van der Waals surface area contributed by atoms with Crippen LogP contribution in [0.15, 0.2) is 24.3 Å². The van der Waals surface area contributed by atoms with Gasteiger partial charge in [-0.3, -0.25) is 4.79 Å². The van der Waals surface area contributed by atoms with Crippen LogP contribution in [0.1, 0.15) is 38.7 Å².